The Morgan fingerprint density at radius 3 is 2.35 bits per heavy atom. The van der Waals surface area contributed by atoms with Crippen LogP contribution in [0.2, 0.25) is 0 Å². The van der Waals surface area contributed by atoms with Gasteiger partial charge in [-0.15, -0.1) is 0 Å². The predicted octanol–water partition coefficient (Wildman–Crippen LogP) is 3.80. The largest absolute Gasteiger partial charge is 0.427 e. The normalized spacial score (nSPS) is 10.2. The number of fused-ring (bicyclic) bond motifs is 1. The molecule has 2 aromatic carbocycles. The van der Waals surface area contributed by atoms with E-state index in [1.165, 1.54) is 6.92 Å². The summed E-state index contributed by atoms with van der Waals surface area (Å²) in [6, 6.07) is 11.7. The molecule has 2 aromatic rings. The van der Waals surface area contributed by atoms with E-state index in [9.17, 15) is 4.79 Å². The van der Waals surface area contributed by atoms with E-state index in [4.69, 9.17) is 4.74 Å². The lowest BCUT2D eigenvalue weighted by atomic mass is 10.0. The summed E-state index contributed by atoms with van der Waals surface area (Å²) in [4.78, 5) is 10.9. The number of carbonyl (C=O) groups excluding carboxylic acids is 1. The van der Waals surface area contributed by atoms with E-state index in [-0.39, 0.29) is 5.97 Å². The molecular weight excluding hydrogens is 212 g/mol. The summed E-state index contributed by atoms with van der Waals surface area (Å²) in [5.41, 5.74) is 2.16. The molecule has 0 radical (unpaired) electrons. The molecule has 0 heterocycles. The van der Waals surface area contributed by atoms with Crippen LogP contribution >= 0.6 is 0 Å². The van der Waals surface area contributed by atoms with Crippen molar-refractivity contribution in [2.75, 3.05) is 0 Å². The molecule has 86 valence electrons. The Morgan fingerprint density at radius 1 is 1.06 bits per heavy atom. The quantitative estimate of drug-likeness (QED) is 0.575. The highest BCUT2D eigenvalue weighted by Gasteiger charge is 2.01. The number of carbonyl (C=O) groups is 1. The van der Waals surface area contributed by atoms with Crippen LogP contribution in [0.25, 0.3) is 16.3 Å². The van der Waals surface area contributed by atoms with Gasteiger partial charge in [-0.3, -0.25) is 4.79 Å². The summed E-state index contributed by atoms with van der Waals surface area (Å²) in [5, 5.41) is 2.16. The van der Waals surface area contributed by atoms with Crippen LogP contribution in [0.3, 0.4) is 0 Å². The zero-order chi connectivity index (χ0) is 12.4. The van der Waals surface area contributed by atoms with Gasteiger partial charge < -0.3 is 4.74 Å². The maximum Gasteiger partial charge on any atom is 0.308 e. The van der Waals surface area contributed by atoms with E-state index in [1.54, 1.807) is 6.07 Å². The van der Waals surface area contributed by atoms with Gasteiger partial charge in [0.2, 0.25) is 0 Å². The zero-order valence-corrected chi connectivity index (χ0v) is 9.99. The van der Waals surface area contributed by atoms with Gasteiger partial charge in [0.15, 0.2) is 0 Å². The van der Waals surface area contributed by atoms with Crippen LogP contribution in [0.1, 0.15) is 19.4 Å². The topological polar surface area (TPSA) is 26.3 Å². The first kappa shape index (κ1) is 11.4. The highest BCUT2D eigenvalue weighted by Crippen LogP contribution is 2.24. The molecule has 0 fully saturated rings. The molecule has 0 bridgehead atoms. The zero-order valence-electron chi connectivity index (χ0n) is 9.99. The van der Waals surface area contributed by atoms with Gasteiger partial charge in [0.25, 0.3) is 0 Å². The first-order valence-corrected chi connectivity index (χ1v) is 5.44. The number of esters is 1. The van der Waals surface area contributed by atoms with Crippen LogP contribution in [-0.4, -0.2) is 5.97 Å². The van der Waals surface area contributed by atoms with Crippen molar-refractivity contribution in [1.29, 1.82) is 0 Å². The number of rotatable bonds is 2. The van der Waals surface area contributed by atoms with Crippen LogP contribution in [0, 0.1) is 0 Å². The Labute approximate surface area is 101 Å². The van der Waals surface area contributed by atoms with Crippen molar-refractivity contribution in [2.24, 2.45) is 0 Å². The van der Waals surface area contributed by atoms with E-state index in [0.717, 1.165) is 21.9 Å². The molecule has 0 saturated carbocycles. The highest BCUT2D eigenvalue weighted by atomic mass is 16.5. The molecule has 2 nitrogen and oxygen atoms in total. The van der Waals surface area contributed by atoms with Crippen molar-refractivity contribution >= 4 is 22.3 Å². The smallest absolute Gasteiger partial charge is 0.308 e. The maximum absolute atomic E-state index is 10.9. The van der Waals surface area contributed by atoms with Gasteiger partial charge in [-0.2, -0.15) is 0 Å². The third-order valence-electron chi connectivity index (χ3n) is 2.57. The summed E-state index contributed by atoms with van der Waals surface area (Å²) in [7, 11) is 0. The van der Waals surface area contributed by atoms with E-state index in [2.05, 4.69) is 12.6 Å². The van der Waals surface area contributed by atoms with E-state index >= 15 is 0 Å². The minimum Gasteiger partial charge on any atom is -0.427 e. The third-order valence-corrected chi connectivity index (χ3v) is 2.57. The summed E-state index contributed by atoms with van der Waals surface area (Å²) in [5.74, 6) is 0.274. The average molecular weight is 226 g/mol. The van der Waals surface area contributed by atoms with Gasteiger partial charge in [0.05, 0.1) is 0 Å². The standard InChI is InChI=1S/C15H14O2/c1-10(2)12-4-5-14-9-15(17-11(3)16)7-6-13(14)8-12/h4-9H,1H2,2-3H3. The fraction of sp³-hybridized carbons (Fsp3) is 0.133. The Bertz CT molecular complexity index is 597. The van der Waals surface area contributed by atoms with Crippen LogP contribution in [0.5, 0.6) is 5.75 Å². The molecule has 0 saturated heterocycles. The van der Waals surface area contributed by atoms with Crippen molar-refractivity contribution in [3.63, 3.8) is 0 Å². The molecule has 0 aromatic heterocycles. The Balaban J connectivity index is 2.46. The molecule has 0 amide bonds. The third kappa shape index (κ3) is 2.53. The Morgan fingerprint density at radius 2 is 1.71 bits per heavy atom. The van der Waals surface area contributed by atoms with E-state index in [1.807, 2.05) is 31.2 Å². The van der Waals surface area contributed by atoms with Crippen LogP contribution in [0.4, 0.5) is 0 Å². The summed E-state index contributed by atoms with van der Waals surface area (Å²) in [6.45, 7) is 7.30. The number of hydrogen-bond donors (Lipinski definition) is 0. The molecule has 2 rings (SSSR count). The van der Waals surface area contributed by atoms with Crippen molar-refractivity contribution in [1.82, 2.24) is 0 Å². The second-order valence-electron chi connectivity index (χ2n) is 4.10. The monoisotopic (exact) mass is 226 g/mol. The van der Waals surface area contributed by atoms with Gasteiger partial charge >= 0.3 is 5.97 Å². The highest BCUT2D eigenvalue weighted by molar-refractivity contribution is 5.87. The van der Waals surface area contributed by atoms with Crippen LogP contribution in [-0.2, 0) is 4.79 Å². The maximum atomic E-state index is 10.9. The minimum atomic E-state index is -0.303. The molecule has 0 atom stereocenters. The van der Waals surface area contributed by atoms with Crippen LogP contribution in [0.15, 0.2) is 43.0 Å². The van der Waals surface area contributed by atoms with Crippen molar-refractivity contribution in [3.8, 4) is 5.75 Å². The SMILES string of the molecule is C=C(C)c1ccc2cc(OC(C)=O)ccc2c1. The number of allylic oxidation sites excluding steroid dienone is 1. The molecule has 2 heteroatoms. The number of hydrogen-bond acceptors (Lipinski definition) is 2. The van der Waals surface area contributed by atoms with Gasteiger partial charge in [0.1, 0.15) is 5.75 Å². The first-order valence-electron chi connectivity index (χ1n) is 5.44. The Hall–Kier alpha value is -2.09. The summed E-state index contributed by atoms with van der Waals surface area (Å²) < 4.78 is 5.04. The van der Waals surface area contributed by atoms with Crippen molar-refractivity contribution < 1.29 is 9.53 Å². The van der Waals surface area contributed by atoms with Crippen molar-refractivity contribution in [3.05, 3.63) is 48.5 Å². The molecular formula is C15H14O2. The molecule has 0 unspecified atom stereocenters. The van der Waals surface area contributed by atoms with Gasteiger partial charge in [-0.05, 0) is 41.5 Å². The van der Waals surface area contributed by atoms with Gasteiger partial charge in [0, 0.05) is 6.92 Å². The van der Waals surface area contributed by atoms with Crippen molar-refractivity contribution in [2.45, 2.75) is 13.8 Å². The van der Waals surface area contributed by atoms with Gasteiger partial charge in [-0.25, -0.2) is 0 Å². The lowest BCUT2D eigenvalue weighted by Crippen LogP contribution is -2.00. The minimum absolute atomic E-state index is 0.303. The average Bonchev–Trinajstić information content (AvgIpc) is 2.27. The summed E-state index contributed by atoms with van der Waals surface area (Å²) >= 11 is 0. The predicted molar refractivity (Wildman–Crippen MR) is 70.0 cm³/mol. The molecule has 0 N–H and O–H groups in total. The molecule has 17 heavy (non-hydrogen) atoms. The fourth-order valence-corrected chi connectivity index (χ4v) is 1.72. The summed E-state index contributed by atoms with van der Waals surface area (Å²) in [6.07, 6.45) is 0. The number of ether oxygens (including phenoxy) is 1. The lowest BCUT2D eigenvalue weighted by molar-refractivity contribution is -0.131. The Kier molecular flexibility index (Phi) is 2.96. The first-order chi connectivity index (χ1) is 8.06. The van der Waals surface area contributed by atoms with E-state index < -0.39 is 0 Å². The van der Waals surface area contributed by atoms with Crippen LogP contribution < -0.4 is 4.74 Å². The van der Waals surface area contributed by atoms with E-state index in [0.29, 0.717) is 5.75 Å². The molecule has 0 aliphatic rings. The molecule has 0 spiro atoms. The number of benzene rings is 2. The second-order valence-corrected chi connectivity index (χ2v) is 4.10. The molecule has 0 aliphatic carbocycles. The molecule has 0 aliphatic heterocycles. The lowest BCUT2D eigenvalue weighted by Gasteiger charge is -2.05. The van der Waals surface area contributed by atoms with Gasteiger partial charge in [-0.1, -0.05) is 30.4 Å². The fourth-order valence-electron chi connectivity index (χ4n) is 1.72. The second kappa shape index (κ2) is 4.42.